The zero-order chi connectivity index (χ0) is 15.7. The van der Waals surface area contributed by atoms with Gasteiger partial charge in [-0.25, -0.2) is 0 Å². The standard InChI is InChI=1S/C14H9Cl2N3O2S/c15-8-4-7(5-9(16)13(8)17)18-14(20)10-6-11(21-19-10)12-2-1-3-22-12/h1-6H,17H2,(H,18,20). The van der Waals surface area contributed by atoms with E-state index in [9.17, 15) is 4.79 Å². The van der Waals surface area contributed by atoms with Crippen molar-refractivity contribution in [1.82, 2.24) is 5.16 Å². The lowest BCUT2D eigenvalue weighted by Gasteiger charge is -2.06. The van der Waals surface area contributed by atoms with Gasteiger partial charge in [0.1, 0.15) is 0 Å². The lowest BCUT2D eigenvalue weighted by Crippen LogP contribution is -2.12. The molecule has 8 heteroatoms. The van der Waals surface area contributed by atoms with E-state index in [4.69, 9.17) is 33.5 Å². The van der Waals surface area contributed by atoms with Crippen LogP contribution in [-0.2, 0) is 0 Å². The second-order valence-corrected chi connectivity index (χ2v) is 6.12. The molecule has 0 aliphatic rings. The highest BCUT2D eigenvalue weighted by Crippen LogP contribution is 2.31. The molecule has 0 saturated heterocycles. The van der Waals surface area contributed by atoms with Crippen LogP contribution in [0.2, 0.25) is 10.0 Å². The van der Waals surface area contributed by atoms with Crippen molar-refractivity contribution in [2.45, 2.75) is 0 Å². The van der Waals surface area contributed by atoms with Crippen LogP contribution in [0.1, 0.15) is 10.5 Å². The molecule has 3 aromatic rings. The summed E-state index contributed by atoms with van der Waals surface area (Å²) in [5.41, 5.74) is 6.50. The molecule has 3 rings (SSSR count). The van der Waals surface area contributed by atoms with Crippen molar-refractivity contribution in [3.63, 3.8) is 0 Å². The molecule has 0 spiro atoms. The van der Waals surface area contributed by atoms with E-state index in [1.807, 2.05) is 17.5 Å². The Morgan fingerprint density at radius 3 is 2.64 bits per heavy atom. The molecule has 0 atom stereocenters. The molecule has 3 N–H and O–H groups in total. The number of nitrogens with two attached hydrogens (primary N) is 1. The van der Waals surface area contributed by atoms with Crippen LogP contribution in [0.3, 0.4) is 0 Å². The van der Waals surface area contributed by atoms with Gasteiger partial charge < -0.3 is 15.6 Å². The molecule has 0 aliphatic heterocycles. The number of thiophene rings is 1. The topological polar surface area (TPSA) is 81.1 Å². The fraction of sp³-hybridized carbons (Fsp3) is 0. The number of nitrogens with zero attached hydrogens (tertiary/aromatic N) is 1. The van der Waals surface area contributed by atoms with E-state index in [-0.39, 0.29) is 21.4 Å². The highest BCUT2D eigenvalue weighted by atomic mass is 35.5. The summed E-state index contributed by atoms with van der Waals surface area (Å²) in [6.45, 7) is 0. The van der Waals surface area contributed by atoms with Crippen LogP contribution in [-0.4, -0.2) is 11.1 Å². The fourth-order valence-corrected chi connectivity index (χ4v) is 2.93. The Morgan fingerprint density at radius 2 is 2.00 bits per heavy atom. The van der Waals surface area contributed by atoms with Crippen molar-refractivity contribution < 1.29 is 9.32 Å². The van der Waals surface area contributed by atoms with E-state index in [2.05, 4.69) is 10.5 Å². The van der Waals surface area contributed by atoms with Crippen LogP contribution in [0.5, 0.6) is 0 Å². The minimum absolute atomic E-state index is 0.160. The summed E-state index contributed by atoms with van der Waals surface area (Å²) in [6.07, 6.45) is 0. The van der Waals surface area contributed by atoms with Gasteiger partial charge in [0, 0.05) is 11.8 Å². The molecule has 0 aliphatic carbocycles. The van der Waals surface area contributed by atoms with Gasteiger partial charge in [-0.05, 0) is 23.6 Å². The van der Waals surface area contributed by atoms with Crippen LogP contribution < -0.4 is 11.1 Å². The molecule has 0 saturated carbocycles. The van der Waals surface area contributed by atoms with Crippen molar-refractivity contribution in [1.29, 1.82) is 0 Å². The average Bonchev–Trinajstić information content (AvgIpc) is 3.15. The van der Waals surface area contributed by atoms with Gasteiger partial charge in [0.15, 0.2) is 11.5 Å². The minimum atomic E-state index is -0.427. The van der Waals surface area contributed by atoms with E-state index >= 15 is 0 Å². The van der Waals surface area contributed by atoms with Gasteiger partial charge in [-0.2, -0.15) is 0 Å². The van der Waals surface area contributed by atoms with Crippen LogP contribution >= 0.6 is 34.5 Å². The molecule has 0 unspecified atom stereocenters. The van der Waals surface area contributed by atoms with Gasteiger partial charge >= 0.3 is 0 Å². The number of nitrogens with one attached hydrogen (secondary N) is 1. The Hall–Kier alpha value is -2.02. The summed E-state index contributed by atoms with van der Waals surface area (Å²) < 4.78 is 5.16. The van der Waals surface area contributed by atoms with Crippen molar-refractivity contribution in [3.05, 3.63) is 51.5 Å². The number of amides is 1. The smallest absolute Gasteiger partial charge is 0.277 e. The first-order valence-electron chi connectivity index (χ1n) is 6.11. The molecule has 22 heavy (non-hydrogen) atoms. The average molecular weight is 354 g/mol. The third-order valence-corrected chi connectivity index (χ3v) is 4.35. The third-order valence-electron chi connectivity index (χ3n) is 2.84. The second kappa shape index (κ2) is 6.00. The first-order valence-corrected chi connectivity index (χ1v) is 7.74. The maximum absolute atomic E-state index is 12.2. The van der Waals surface area contributed by atoms with Crippen molar-refractivity contribution in [2.24, 2.45) is 0 Å². The quantitative estimate of drug-likeness (QED) is 0.677. The van der Waals surface area contributed by atoms with Crippen molar-refractivity contribution >= 4 is 51.8 Å². The summed E-state index contributed by atoms with van der Waals surface area (Å²) >= 11 is 13.3. The first kappa shape index (κ1) is 14.9. The van der Waals surface area contributed by atoms with Crippen LogP contribution in [0, 0.1) is 0 Å². The summed E-state index contributed by atoms with van der Waals surface area (Å²) in [7, 11) is 0. The van der Waals surface area contributed by atoms with Crippen LogP contribution in [0.25, 0.3) is 10.6 Å². The van der Waals surface area contributed by atoms with Gasteiger partial charge in [-0.1, -0.05) is 34.4 Å². The molecule has 112 valence electrons. The van der Waals surface area contributed by atoms with Gasteiger partial charge in [-0.15, -0.1) is 11.3 Å². The zero-order valence-electron chi connectivity index (χ0n) is 11.0. The predicted octanol–water partition coefficient (Wildman–Crippen LogP) is 4.54. The molecule has 0 radical (unpaired) electrons. The normalized spacial score (nSPS) is 10.6. The molecular formula is C14H9Cl2N3O2S. The molecule has 1 aromatic carbocycles. The Kier molecular flexibility index (Phi) is 4.06. The van der Waals surface area contributed by atoms with Gasteiger partial charge in [0.05, 0.1) is 20.6 Å². The number of hydrogen-bond acceptors (Lipinski definition) is 5. The third kappa shape index (κ3) is 2.94. The van der Waals surface area contributed by atoms with Crippen LogP contribution in [0.4, 0.5) is 11.4 Å². The number of rotatable bonds is 3. The van der Waals surface area contributed by atoms with Crippen molar-refractivity contribution in [3.8, 4) is 10.6 Å². The van der Waals surface area contributed by atoms with Crippen LogP contribution in [0.15, 0.2) is 40.2 Å². The molecule has 2 aromatic heterocycles. The number of nitrogen functional groups attached to an aromatic ring is 1. The highest BCUT2D eigenvalue weighted by Gasteiger charge is 2.15. The highest BCUT2D eigenvalue weighted by molar-refractivity contribution is 7.13. The fourth-order valence-electron chi connectivity index (χ4n) is 1.77. The number of carbonyl (C=O) groups excluding carboxylic acids is 1. The Morgan fingerprint density at radius 1 is 1.27 bits per heavy atom. The van der Waals surface area contributed by atoms with E-state index in [0.717, 1.165) is 4.88 Å². The number of hydrogen-bond donors (Lipinski definition) is 2. The summed E-state index contributed by atoms with van der Waals surface area (Å²) in [4.78, 5) is 13.1. The van der Waals surface area contributed by atoms with E-state index in [1.54, 1.807) is 6.07 Å². The van der Waals surface area contributed by atoms with E-state index < -0.39 is 5.91 Å². The van der Waals surface area contributed by atoms with Gasteiger partial charge in [0.25, 0.3) is 5.91 Å². The number of carbonyl (C=O) groups is 1. The molecule has 5 nitrogen and oxygen atoms in total. The Balaban J connectivity index is 1.80. The Bertz CT molecular complexity index is 807. The first-order chi connectivity index (χ1) is 10.5. The maximum Gasteiger partial charge on any atom is 0.277 e. The molecule has 0 bridgehead atoms. The summed E-state index contributed by atoms with van der Waals surface area (Å²) in [6, 6.07) is 8.37. The number of halogens is 2. The molecular weight excluding hydrogens is 345 g/mol. The minimum Gasteiger partial charge on any atom is -0.396 e. The monoisotopic (exact) mass is 353 g/mol. The SMILES string of the molecule is Nc1c(Cl)cc(NC(=O)c2cc(-c3cccs3)on2)cc1Cl. The lowest BCUT2D eigenvalue weighted by molar-refractivity contribution is 0.101. The van der Waals surface area contributed by atoms with E-state index in [0.29, 0.717) is 11.4 Å². The molecule has 1 amide bonds. The zero-order valence-corrected chi connectivity index (χ0v) is 13.3. The number of anilines is 2. The predicted molar refractivity (Wildman–Crippen MR) is 88.6 cm³/mol. The largest absolute Gasteiger partial charge is 0.396 e. The van der Waals surface area contributed by atoms with Gasteiger partial charge in [0.2, 0.25) is 0 Å². The molecule has 2 heterocycles. The lowest BCUT2D eigenvalue weighted by atomic mass is 10.2. The van der Waals surface area contributed by atoms with Crippen molar-refractivity contribution in [2.75, 3.05) is 11.1 Å². The Labute approximate surface area is 139 Å². The summed E-state index contributed by atoms with van der Waals surface area (Å²) in [5, 5.41) is 8.85. The second-order valence-electron chi connectivity index (χ2n) is 4.36. The number of benzene rings is 1. The molecule has 0 fully saturated rings. The maximum atomic E-state index is 12.2. The summed E-state index contributed by atoms with van der Waals surface area (Å²) in [5.74, 6) is 0.108. The van der Waals surface area contributed by atoms with Gasteiger partial charge in [-0.3, -0.25) is 4.79 Å². The van der Waals surface area contributed by atoms with E-state index in [1.165, 1.54) is 23.5 Å². The number of aromatic nitrogens is 1.